The summed E-state index contributed by atoms with van der Waals surface area (Å²) in [4.78, 5) is 22.3. The van der Waals surface area contributed by atoms with Crippen molar-refractivity contribution in [2.45, 2.75) is 25.8 Å². The van der Waals surface area contributed by atoms with E-state index in [1.165, 1.54) is 16.8 Å². The second-order valence-corrected chi connectivity index (χ2v) is 5.01. The molecule has 2 rings (SSSR count). The van der Waals surface area contributed by atoms with Gasteiger partial charge in [-0.15, -0.1) is 0 Å². The molecule has 2 aromatic rings. The number of aliphatic hydroxyl groups is 1. The third kappa shape index (κ3) is 4.13. The number of rotatable bonds is 7. The number of amides is 1. The Morgan fingerprint density at radius 1 is 1.39 bits per heavy atom. The molecule has 1 atom stereocenters. The molecule has 1 unspecified atom stereocenters. The number of hydrogen-bond donors (Lipinski definition) is 2. The quantitative estimate of drug-likeness (QED) is 0.596. The summed E-state index contributed by atoms with van der Waals surface area (Å²) in [6.07, 6.45) is 2.82. The Hall–Kier alpha value is -2.74. The average molecular weight is 318 g/mol. The van der Waals surface area contributed by atoms with Gasteiger partial charge in [-0.3, -0.25) is 14.9 Å². The van der Waals surface area contributed by atoms with Crippen molar-refractivity contribution in [3.63, 3.8) is 0 Å². The predicted octanol–water partition coefficient (Wildman–Crippen LogP) is 1.67. The van der Waals surface area contributed by atoms with Gasteiger partial charge in [-0.05, 0) is 31.0 Å². The average Bonchev–Trinajstić information content (AvgIpc) is 3.04. The highest BCUT2D eigenvalue weighted by Crippen LogP contribution is 2.15. The first-order valence-corrected chi connectivity index (χ1v) is 7.27. The van der Waals surface area contributed by atoms with Crippen LogP contribution in [0.5, 0.6) is 0 Å². The topological polar surface area (TPSA) is 110 Å². The molecule has 0 fully saturated rings. The Morgan fingerprint density at radius 3 is 2.65 bits per heavy atom. The molecule has 23 heavy (non-hydrogen) atoms. The first kappa shape index (κ1) is 16.6. The van der Waals surface area contributed by atoms with Crippen molar-refractivity contribution in [1.82, 2.24) is 15.1 Å². The van der Waals surface area contributed by atoms with Crippen LogP contribution in [-0.2, 0) is 0 Å². The lowest BCUT2D eigenvalue weighted by Gasteiger charge is -2.14. The molecule has 0 aliphatic rings. The fourth-order valence-electron chi connectivity index (χ4n) is 2.11. The molecule has 0 bridgehead atoms. The molecular formula is C15H18N4O4. The maximum absolute atomic E-state index is 12.1. The molecule has 1 amide bonds. The smallest absolute Gasteiger partial charge is 0.272 e. The van der Waals surface area contributed by atoms with E-state index >= 15 is 0 Å². The van der Waals surface area contributed by atoms with Crippen LogP contribution in [-0.4, -0.2) is 38.4 Å². The first-order valence-electron chi connectivity index (χ1n) is 7.27. The summed E-state index contributed by atoms with van der Waals surface area (Å²) in [5, 5.41) is 26.6. The highest BCUT2D eigenvalue weighted by Gasteiger charge is 2.15. The monoisotopic (exact) mass is 318 g/mol. The summed E-state index contributed by atoms with van der Waals surface area (Å²) < 4.78 is 1.48. The van der Waals surface area contributed by atoms with Gasteiger partial charge in [0, 0.05) is 31.0 Å². The van der Waals surface area contributed by atoms with Crippen molar-refractivity contribution in [3.8, 4) is 5.69 Å². The fourth-order valence-corrected chi connectivity index (χ4v) is 2.11. The number of aromatic nitrogens is 2. The predicted molar refractivity (Wildman–Crippen MR) is 83.5 cm³/mol. The van der Waals surface area contributed by atoms with Gasteiger partial charge in [0.2, 0.25) is 0 Å². The number of nitrogens with zero attached hydrogens (tertiary/aromatic N) is 3. The maximum Gasteiger partial charge on any atom is 0.272 e. The molecule has 122 valence electrons. The SMILES string of the molecule is CCC(CCO)NC(=O)c1ccn(-c2ccc([N+](=O)[O-])cc2)n1. The van der Waals surface area contributed by atoms with Gasteiger partial charge in [0.25, 0.3) is 11.6 Å². The van der Waals surface area contributed by atoms with Crippen LogP contribution >= 0.6 is 0 Å². The van der Waals surface area contributed by atoms with Crippen LogP contribution in [0.2, 0.25) is 0 Å². The molecule has 0 aliphatic carbocycles. The number of aliphatic hydroxyl groups excluding tert-OH is 1. The second-order valence-electron chi connectivity index (χ2n) is 5.01. The van der Waals surface area contributed by atoms with E-state index in [-0.39, 0.29) is 29.9 Å². The Bertz CT molecular complexity index is 681. The van der Waals surface area contributed by atoms with E-state index in [0.29, 0.717) is 12.1 Å². The highest BCUT2D eigenvalue weighted by atomic mass is 16.6. The largest absolute Gasteiger partial charge is 0.396 e. The minimum absolute atomic E-state index is 0.00587. The lowest BCUT2D eigenvalue weighted by molar-refractivity contribution is -0.384. The summed E-state index contributed by atoms with van der Waals surface area (Å²) in [6.45, 7) is 1.94. The van der Waals surface area contributed by atoms with Crippen LogP contribution < -0.4 is 5.32 Å². The van der Waals surface area contributed by atoms with Gasteiger partial charge < -0.3 is 10.4 Å². The number of nitro groups is 1. The number of carbonyl (C=O) groups excluding carboxylic acids is 1. The fraction of sp³-hybridized carbons (Fsp3) is 0.333. The van der Waals surface area contributed by atoms with E-state index in [1.807, 2.05) is 6.92 Å². The minimum Gasteiger partial charge on any atom is -0.396 e. The zero-order valence-corrected chi connectivity index (χ0v) is 12.7. The maximum atomic E-state index is 12.1. The normalized spacial score (nSPS) is 11.9. The summed E-state index contributed by atoms with van der Waals surface area (Å²) in [6, 6.07) is 7.36. The lowest BCUT2D eigenvalue weighted by Crippen LogP contribution is -2.35. The van der Waals surface area contributed by atoms with Gasteiger partial charge in [-0.1, -0.05) is 6.92 Å². The van der Waals surface area contributed by atoms with Crippen LogP contribution in [0.3, 0.4) is 0 Å². The molecule has 1 aromatic heterocycles. The minimum atomic E-state index is -0.474. The number of carbonyl (C=O) groups is 1. The van der Waals surface area contributed by atoms with Crippen LogP contribution in [0.1, 0.15) is 30.3 Å². The Morgan fingerprint density at radius 2 is 2.09 bits per heavy atom. The zero-order chi connectivity index (χ0) is 16.8. The van der Waals surface area contributed by atoms with Crippen LogP contribution in [0, 0.1) is 10.1 Å². The van der Waals surface area contributed by atoms with Crippen molar-refractivity contribution in [2.24, 2.45) is 0 Å². The third-order valence-electron chi connectivity index (χ3n) is 3.45. The standard InChI is InChI=1S/C15H18N4O4/c1-2-11(8-10-20)16-15(21)14-7-9-18(17-14)12-3-5-13(6-4-12)19(22)23/h3-7,9,11,20H,2,8,10H2,1H3,(H,16,21). The van der Waals surface area contributed by atoms with Gasteiger partial charge >= 0.3 is 0 Å². The van der Waals surface area contributed by atoms with Crippen molar-refractivity contribution < 1.29 is 14.8 Å². The van der Waals surface area contributed by atoms with E-state index in [9.17, 15) is 14.9 Å². The third-order valence-corrected chi connectivity index (χ3v) is 3.45. The van der Waals surface area contributed by atoms with E-state index in [1.54, 1.807) is 24.4 Å². The van der Waals surface area contributed by atoms with E-state index < -0.39 is 4.92 Å². The van der Waals surface area contributed by atoms with Gasteiger partial charge in [-0.25, -0.2) is 4.68 Å². The Kier molecular flexibility index (Phi) is 5.42. The summed E-state index contributed by atoms with van der Waals surface area (Å²) in [7, 11) is 0. The molecule has 1 aromatic carbocycles. The molecular weight excluding hydrogens is 300 g/mol. The highest BCUT2D eigenvalue weighted by molar-refractivity contribution is 5.92. The van der Waals surface area contributed by atoms with Crippen molar-refractivity contribution in [1.29, 1.82) is 0 Å². The summed E-state index contributed by atoms with van der Waals surface area (Å²) in [5.74, 6) is -0.314. The number of hydrogen-bond acceptors (Lipinski definition) is 5. The number of benzene rings is 1. The summed E-state index contributed by atoms with van der Waals surface area (Å²) >= 11 is 0. The van der Waals surface area contributed by atoms with Crippen molar-refractivity contribution in [3.05, 3.63) is 52.3 Å². The van der Waals surface area contributed by atoms with Crippen molar-refractivity contribution in [2.75, 3.05) is 6.61 Å². The summed E-state index contributed by atoms with van der Waals surface area (Å²) in [5.41, 5.74) is 0.866. The van der Waals surface area contributed by atoms with Gasteiger partial charge in [0.05, 0.1) is 10.6 Å². The van der Waals surface area contributed by atoms with E-state index in [4.69, 9.17) is 5.11 Å². The first-order chi connectivity index (χ1) is 11.0. The second kappa shape index (κ2) is 7.50. The van der Waals surface area contributed by atoms with Gasteiger partial charge in [0.1, 0.15) is 0 Å². The lowest BCUT2D eigenvalue weighted by atomic mass is 10.1. The van der Waals surface area contributed by atoms with Crippen LogP contribution in [0.25, 0.3) is 5.69 Å². The Labute approximate surface area is 132 Å². The zero-order valence-electron chi connectivity index (χ0n) is 12.7. The molecule has 0 saturated carbocycles. The molecule has 2 N–H and O–H groups in total. The molecule has 8 heteroatoms. The molecule has 0 aliphatic heterocycles. The molecule has 8 nitrogen and oxygen atoms in total. The number of non-ortho nitro benzene ring substituents is 1. The number of nitrogens with one attached hydrogen (secondary N) is 1. The van der Waals surface area contributed by atoms with Gasteiger partial charge in [0.15, 0.2) is 5.69 Å². The number of nitro benzene ring substituents is 1. The van der Waals surface area contributed by atoms with Gasteiger partial charge in [-0.2, -0.15) is 5.10 Å². The molecule has 1 heterocycles. The molecule has 0 radical (unpaired) electrons. The van der Waals surface area contributed by atoms with Crippen LogP contribution in [0.4, 0.5) is 5.69 Å². The Balaban J connectivity index is 2.10. The molecule has 0 spiro atoms. The van der Waals surface area contributed by atoms with Crippen molar-refractivity contribution >= 4 is 11.6 Å². The molecule has 0 saturated heterocycles. The van der Waals surface area contributed by atoms with E-state index in [2.05, 4.69) is 10.4 Å². The van der Waals surface area contributed by atoms with Crippen LogP contribution in [0.15, 0.2) is 36.5 Å². The van der Waals surface area contributed by atoms with E-state index in [0.717, 1.165) is 6.42 Å².